The number of ether oxygens (including phenoxy) is 1. The topological polar surface area (TPSA) is 95.9 Å². The summed E-state index contributed by atoms with van der Waals surface area (Å²) >= 11 is 0. The molecule has 0 fully saturated rings. The molecule has 0 aliphatic carbocycles. The van der Waals surface area contributed by atoms with Gasteiger partial charge in [-0.2, -0.15) is 0 Å². The van der Waals surface area contributed by atoms with Crippen molar-refractivity contribution in [2.75, 3.05) is 13.2 Å². The number of hydrogen-bond acceptors (Lipinski definition) is 5. The molecule has 0 aliphatic heterocycles. The quantitative estimate of drug-likeness (QED) is 0.0320. The number of carbonyl (C=O) groups is 2. The number of esters is 1. The lowest BCUT2D eigenvalue weighted by Crippen LogP contribution is -2.45. The van der Waals surface area contributed by atoms with Gasteiger partial charge in [0.05, 0.1) is 25.4 Å². The molecule has 0 rings (SSSR count). The molecule has 82 heavy (non-hydrogen) atoms. The fourth-order valence-corrected chi connectivity index (χ4v) is 12.0. The number of aliphatic hydroxyl groups is 2. The Hall–Kier alpha value is -1.66. The van der Waals surface area contributed by atoms with Crippen LogP contribution >= 0.6 is 0 Å². The highest BCUT2D eigenvalue weighted by Crippen LogP contribution is 2.20. The summed E-state index contributed by atoms with van der Waals surface area (Å²) in [6.07, 6.45) is 91.5. The molecule has 6 heteroatoms. The van der Waals surface area contributed by atoms with Crippen molar-refractivity contribution in [2.45, 2.75) is 437 Å². The van der Waals surface area contributed by atoms with Gasteiger partial charge in [-0.3, -0.25) is 9.59 Å². The molecule has 0 spiro atoms. The maximum atomic E-state index is 12.5. The number of amides is 1. The van der Waals surface area contributed by atoms with Crippen LogP contribution in [0.25, 0.3) is 0 Å². The zero-order valence-corrected chi connectivity index (χ0v) is 55.8. The summed E-state index contributed by atoms with van der Waals surface area (Å²) < 4.78 is 5.47. The van der Waals surface area contributed by atoms with Crippen molar-refractivity contribution in [1.82, 2.24) is 5.32 Å². The molecule has 0 aromatic rings. The third kappa shape index (κ3) is 67.5. The summed E-state index contributed by atoms with van der Waals surface area (Å²) in [5.74, 6) is -0.0483. The van der Waals surface area contributed by atoms with E-state index in [2.05, 4.69) is 31.3 Å². The average Bonchev–Trinajstić information content (AvgIpc) is 3.48. The fraction of sp³-hybridized carbons (Fsp3) is 0.921. The van der Waals surface area contributed by atoms with E-state index >= 15 is 0 Å². The van der Waals surface area contributed by atoms with Gasteiger partial charge in [0.15, 0.2) is 0 Å². The number of allylic oxidation sites excluding steroid dienone is 3. The Balaban J connectivity index is 3.35. The molecule has 0 bridgehead atoms. The molecule has 3 N–H and O–H groups in total. The van der Waals surface area contributed by atoms with E-state index in [1.54, 1.807) is 6.08 Å². The van der Waals surface area contributed by atoms with Gasteiger partial charge in [0.25, 0.3) is 0 Å². The van der Waals surface area contributed by atoms with Gasteiger partial charge in [-0.05, 0) is 51.4 Å². The van der Waals surface area contributed by atoms with E-state index in [1.807, 2.05) is 6.08 Å². The average molecular weight is 1160 g/mol. The summed E-state index contributed by atoms with van der Waals surface area (Å²) in [5.41, 5.74) is 0. The first-order valence-electron chi connectivity index (χ1n) is 37.6. The van der Waals surface area contributed by atoms with Crippen molar-refractivity contribution in [3.63, 3.8) is 0 Å². The van der Waals surface area contributed by atoms with E-state index in [1.165, 1.54) is 353 Å². The second-order valence-corrected chi connectivity index (χ2v) is 26.0. The van der Waals surface area contributed by atoms with E-state index in [0.29, 0.717) is 19.4 Å². The monoisotopic (exact) mass is 1150 g/mol. The zero-order chi connectivity index (χ0) is 59.2. The standard InChI is InChI=1S/C76H147NO5/c1-3-5-7-9-11-13-15-16-17-18-19-20-33-36-39-42-45-49-52-56-60-64-68-74(79)73(72-78)77-75(80)69-65-61-57-53-50-46-43-40-37-34-31-29-27-25-23-21-22-24-26-28-30-32-35-38-41-44-47-51-55-59-63-67-71-82-76(81)70-66-62-58-54-48-14-12-10-8-6-4-2/h10,12,64,68,73-74,78-79H,3-9,11,13-63,65-67,69-72H2,1-2H3,(H,77,80)/b12-10-,68-64+. The minimum Gasteiger partial charge on any atom is -0.466 e. The Morgan fingerprint density at radius 3 is 0.902 bits per heavy atom. The molecule has 2 atom stereocenters. The molecular weight excluding hydrogens is 1010 g/mol. The van der Waals surface area contributed by atoms with Gasteiger partial charge in [-0.1, -0.05) is 385 Å². The number of hydrogen-bond donors (Lipinski definition) is 3. The Labute approximate surface area is 513 Å². The number of carbonyl (C=O) groups excluding carboxylic acids is 2. The molecule has 0 radical (unpaired) electrons. The van der Waals surface area contributed by atoms with Crippen molar-refractivity contribution in [2.24, 2.45) is 0 Å². The van der Waals surface area contributed by atoms with Crippen molar-refractivity contribution >= 4 is 11.9 Å². The number of rotatable bonds is 71. The van der Waals surface area contributed by atoms with Gasteiger partial charge >= 0.3 is 5.97 Å². The highest BCUT2D eigenvalue weighted by atomic mass is 16.5. The van der Waals surface area contributed by atoms with Gasteiger partial charge in [0.1, 0.15) is 0 Å². The lowest BCUT2D eigenvalue weighted by molar-refractivity contribution is -0.143. The Kier molecular flexibility index (Phi) is 70.4. The molecule has 0 aliphatic rings. The molecule has 2 unspecified atom stereocenters. The Morgan fingerprint density at radius 2 is 0.585 bits per heavy atom. The van der Waals surface area contributed by atoms with Crippen LogP contribution in [0.5, 0.6) is 0 Å². The van der Waals surface area contributed by atoms with Gasteiger partial charge in [0.2, 0.25) is 5.91 Å². The number of aliphatic hydroxyl groups excluding tert-OH is 2. The zero-order valence-electron chi connectivity index (χ0n) is 55.8. The normalized spacial score (nSPS) is 12.6. The smallest absolute Gasteiger partial charge is 0.305 e. The van der Waals surface area contributed by atoms with E-state index < -0.39 is 12.1 Å². The van der Waals surface area contributed by atoms with Crippen molar-refractivity contribution < 1.29 is 24.5 Å². The predicted octanol–water partition coefficient (Wildman–Crippen LogP) is 24.5. The third-order valence-corrected chi connectivity index (χ3v) is 17.7. The summed E-state index contributed by atoms with van der Waals surface area (Å²) in [7, 11) is 0. The van der Waals surface area contributed by atoms with Crippen LogP contribution in [0.1, 0.15) is 425 Å². The van der Waals surface area contributed by atoms with Gasteiger partial charge in [-0.15, -0.1) is 0 Å². The summed E-state index contributed by atoms with van der Waals surface area (Å²) in [5, 5.41) is 23.3. The van der Waals surface area contributed by atoms with E-state index in [4.69, 9.17) is 4.74 Å². The predicted molar refractivity (Wildman–Crippen MR) is 361 cm³/mol. The third-order valence-electron chi connectivity index (χ3n) is 17.7. The first-order valence-corrected chi connectivity index (χ1v) is 37.6. The molecule has 0 heterocycles. The molecule has 486 valence electrons. The van der Waals surface area contributed by atoms with Gasteiger partial charge < -0.3 is 20.3 Å². The lowest BCUT2D eigenvalue weighted by atomic mass is 10.0. The maximum absolute atomic E-state index is 12.5. The molecule has 6 nitrogen and oxygen atoms in total. The highest BCUT2D eigenvalue weighted by Gasteiger charge is 2.18. The Bertz CT molecular complexity index is 1280. The second-order valence-electron chi connectivity index (χ2n) is 26.0. The van der Waals surface area contributed by atoms with Crippen LogP contribution in [0, 0.1) is 0 Å². The second kappa shape index (κ2) is 71.8. The van der Waals surface area contributed by atoms with Gasteiger partial charge in [-0.25, -0.2) is 0 Å². The molecule has 0 aromatic carbocycles. The minimum atomic E-state index is -0.842. The van der Waals surface area contributed by atoms with Crippen molar-refractivity contribution in [3.05, 3.63) is 24.3 Å². The van der Waals surface area contributed by atoms with Crippen LogP contribution in [0.3, 0.4) is 0 Å². The number of unbranched alkanes of at least 4 members (excludes halogenated alkanes) is 58. The molecule has 0 saturated heterocycles. The summed E-state index contributed by atoms with van der Waals surface area (Å²) in [6, 6.07) is -0.625. The lowest BCUT2D eigenvalue weighted by Gasteiger charge is -2.20. The van der Waals surface area contributed by atoms with E-state index in [0.717, 1.165) is 44.9 Å². The number of nitrogens with one attached hydrogen (secondary N) is 1. The van der Waals surface area contributed by atoms with Crippen LogP contribution in [0.15, 0.2) is 24.3 Å². The molecule has 0 saturated carbocycles. The van der Waals surface area contributed by atoms with Crippen molar-refractivity contribution in [1.29, 1.82) is 0 Å². The van der Waals surface area contributed by atoms with Crippen molar-refractivity contribution in [3.8, 4) is 0 Å². The largest absolute Gasteiger partial charge is 0.466 e. The highest BCUT2D eigenvalue weighted by molar-refractivity contribution is 5.76. The van der Waals surface area contributed by atoms with Crippen LogP contribution in [-0.4, -0.2) is 47.4 Å². The summed E-state index contributed by atoms with van der Waals surface area (Å²) in [4.78, 5) is 24.5. The van der Waals surface area contributed by atoms with E-state index in [9.17, 15) is 19.8 Å². The fourth-order valence-electron chi connectivity index (χ4n) is 12.0. The van der Waals surface area contributed by atoms with Gasteiger partial charge in [0, 0.05) is 12.8 Å². The SMILES string of the molecule is CCCC/C=C\CCCCCCCC(=O)OCCCCCCCCCCCCCCCCCCCCCCCCCCCCCCCCCCC(=O)NC(CO)C(O)/C=C/CCCCCCCCCCCCCCCCCCCCCC. The minimum absolute atomic E-state index is 0.0105. The van der Waals surface area contributed by atoms with Crippen LogP contribution < -0.4 is 5.32 Å². The molecule has 1 amide bonds. The van der Waals surface area contributed by atoms with Crippen LogP contribution in [0.4, 0.5) is 0 Å². The van der Waals surface area contributed by atoms with E-state index in [-0.39, 0.29) is 18.5 Å². The first-order chi connectivity index (χ1) is 40.5. The first kappa shape index (κ1) is 80.3. The maximum Gasteiger partial charge on any atom is 0.305 e. The summed E-state index contributed by atoms with van der Waals surface area (Å²) in [6.45, 7) is 4.91. The van der Waals surface area contributed by atoms with Crippen LogP contribution in [0.2, 0.25) is 0 Å². The van der Waals surface area contributed by atoms with Crippen LogP contribution in [-0.2, 0) is 14.3 Å². The Morgan fingerprint density at radius 1 is 0.329 bits per heavy atom. The molecular formula is C76H147NO5. The molecule has 0 aromatic heterocycles.